The van der Waals surface area contributed by atoms with Crippen molar-refractivity contribution in [3.63, 3.8) is 0 Å². The minimum Gasteiger partial charge on any atom is -0.469 e. The van der Waals surface area contributed by atoms with Crippen LogP contribution in [0.25, 0.3) is 0 Å². The van der Waals surface area contributed by atoms with E-state index in [0.717, 1.165) is 12.8 Å². The topological polar surface area (TPSA) is 77.0 Å². The van der Waals surface area contributed by atoms with Crippen LogP contribution < -0.4 is 5.69 Å². The highest BCUT2D eigenvalue weighted by Crippen LogP contribution is 2.37. The molecule has 1 aliphatic rings. The summed E-state index contributed by atoms with van der Waals surface area (Å²) in [7, 11) is 1.38. The molecule has 0 spiro atoms. The number of nitrogens with one attached hydrogen (secondary N) is 1. The minimum atomic E-state index is -0.245. The second-order valence-electron chi connectivity index (χ2n) is 4.55. The summed E-state index contributed by atoms with van der Waals surface area (Å²) in [4.78, 5) is 23.1. The van der Waals surface area contributed by atoms with Crippen LogP contribution in [0.4, 0.5) is 0 Å². The smallest absolute Gasteiger partial charge is 0.344 e. The van der Waals surface area contributed by atoms with Gasteiger partial charge >= 0.3 is 11.7 Å². The highest BCUT2D eigenvalue weighted by atomic mass is 32.2. The van der Waals surface area contributed by atoms with E-state index in [1.54, 1.807) is 4.57 Å². The Morgan fingerprint density at radius 1 is 1.56 bits per heavy atom. The van der Waals surface area contributed by atoms with Crippen molar-refractivity contribution in [1.29, 1.82) is 0 Å². The Kier molecular flexibility index (Phi) is 3.79. The molecule has 1 N–H and O–H groups in total. The number of carbonyl (C=O) groups is 1. The maximum Gasteiger partial charge on any atom is 0.344 e. The molecule has 0 aliphatic heterocycles. The molecule has 0 saturated heterocycles. The third kappa shape index (κ3) is 2.60. The van der Waals surface area contributed by atoms with Gasteiger partial charge in [-0.15, -0.1) is 5.10 Å². The van der Waals surface area contributed by atoms with Crippen LogP contribution in [0.5, 0.6) is 0 Å². The molecule has 100 valence electrons. The molecule has 0 amide bonds. The van der Waals surface area contributed by atoms with Gasteiger partial charge in [0.1, 0.15) is 0 Å². The normalized spacial score (nSPS) is 18.4. The Hall–Kier alpha value is -1.24. The Bertz CT molecular complexity index is 492. The second kappa shape index (κ2) is 5.17. The van der Waals surface area contributed by atoms with Crippen molar-refractivity contribution in [2.24, 2.45) is 5.92 Å². The van der Waals surface area contributed by atoms with Crippen LogP contribution in [0, 0.1) is 5.92 Å². The van der Waals surface area contributed by atoms with Crippen LogP contribution >= 0.6 is 11.8 Å². The predicted octanol–water partition coefficient (Wildman–Crippen LogP) is 1.20. The van der Waals surface area contributed by atoms with E-state index in [1.807, 2.05) is 13.8 Å². The maximum absolute atomic E-state index is 11.6. The first-order valence-corrected chi connectivity index (χ1v) is 6.84. The number of thioether (sulfide) groups is 1. The summed E-state index contributed by atoms with van der Waals surface area (Å²) in [6, 6.07) is 0.277. The maximum atomic E-state index is 11.6. The van der Waals surface area contributed by atoms with Crippen LogP contribution in [0.15, 0.2) is 9.95 Å². The molecule has 1 saturated carbocycles. The van der Waals surface area contributed by atoms with Gasteiger partial charge in [0.2, 0.25) is 0 Å². The molecule has 18 heavy (non-hydrogen) atoms. The molecule has 2 unspecified atom stereocenters. The van der Waals surface area contributed by atoms with Crippen LogP contribution in [0.1, 0.15) is 32.7 Å². The van der Waals surface area contributed by atoms with Gasteiger partial charge in [-0.25, -0.2) is 9.89 Å². The number of carbonyl (C=O) groups excluding carboxylic acids is 1. The summed E-state index contributed by atoms with van der Waals surface area (Å²) in [5.41, 5.74) is -0.169. The van der Waals surface area contributed by atoms with Gasteiger partial charge in [0.15, 0.2) is 5.16 Å². The van der Waals surface area contributed by atoms with Crippen LogP contribution in [0.3, 0.4) is 0 Å². The second-order valence-corrected chi connectivity index (χ2v) is 5.89. The number of nitrogens with zero attached hydrogens (tertiary/aromatic N) is 2. The van der Waals surface area contributed by atoms with E-state index in [-0.39, 0.29) is 28.9 Å². The van der Waals surface area contributed by atoms with Crippen molar-refractivity contribution < 1.29 is 9.53 Å². The fourth-order valence-electron chi connectivity index (χ4n) is 1.67. The van der Waals surface area contributed by atoms with Crippen LogP contribution in [-0.2, 0) is 9.53 Å². The molecule has 2 rings (SSSR count). The molecular weight excluding hydrogens is 254 g/mol. The largest absolute Gasteiger partial charge is 0.469 e. The Morgan fingerprint density at radius 3 is 2.78 bits per heavy atom. The minimum absolute atomic E-state index is 0.00477. The number of aromatic nitrogens is 3. The van der Waals surface area contributed by atoms with Gasteiger partial charge in [-0.1, -0.05) is 25.6 Å². The fourth-order valence-corrected chi connectivity index (χ4v) is 2.77. The van der Waals surface area contributed by atoms with Crippen LogP contribution in [-0.4, -0.2) is 33.1 Å². The Labute approximate surface area is 109 Å². The van der Waals surface area contributed by atoms with E-state index in [1.165, 1.54) is 18.9 Å². The zero-order valence-electron chi connectivity index (χ0n) is 10.7. The predicted molar refractivity (Wildman–Crippen MR) is 67.6 cm³/mol. The number of H-pyrrole nitrogens is 1. The molecule has 1 heterocycles. The number of hydrogen-bond acceptors (Lipinski definition) is 5. The van der Waals surface area contributed by atoms with Gasteiger partial charge in [0, 0.05) is 11.3 Å². The van der Waals surface area contributed by atoms with Crippen molar-refractivity contribution in [1.82, 2.24) is 14.8 Å². The molecule has 0 aromatic carbocycles. The van der Waals surface area contributed by atoms with Gasteiger partial charge in [-0.05, 0) is 12.8 Å². The Balaban J connectivity index is 2.09. The van der Waals surface area contributed by atoms with Crippen molar-refractivity contribution in [3.05, 3.63) is 10.5 Å². The summed E-state index contributed by atoms with van der Waals surface area (Å²) in [5.74, 6) is -0.481. The first-order valence-electron chi connectivity index (χ1n) is 5.96. The zero-order chi connectivity index (χ0) is 13.3. The van der Waals surface area contributed by atoms with Crippen molar-refractivity contribution in [2.75, 3.05) is 7.11 Å². The molecule has 7 heteroatoms. The standard InChI is InChI=1S/C11H17N3O3S/c1-6(9(15)17-3)7(2)18-11-13-12-10(16)14(11)8-4-5-8/h6-8H,4-5H2,1-3H3,(H,12,16). The molecule has 1 aliphatic carbocycles. The van der Waals surface area contributed by atoms with Crippen molar-refractivity contribution in [2.45, 2.75) is 43.1 Å². The lowest BCUT2D eigenvalue weighted by atomic mass is 10.1. The first-order chi connectivity index (χ1) is 8.54. The lowest BCUT2D eigenvalue weighted by Crippen LogP contribution is -2.23. The quantitative estimate of drug-likeness (QED) is 0.643. The summed E-state index contributed by atoms with van der Waals surface area (Å²) in [5, 5.41) is 7.15. The number of rotatable bonds is 5. The average Bonchev–Trinajstić information content (AvgIpc) is 3.13. The molecule has 0 radical (unpaired) electrons. The van der Waals surface area contributed by atoms with E-state index in [4.69, 9.17) is 4.74 Å². The van der Waals surface area contributed by atoms with Gasteiger partial charge in [0.25, 0.3) is 0 Å². The molecule has 1 fully saturated rings. The van der Waals surface area contributed by atoms with Gasteiger partial charge < -0.3 is 4.74 Å². The van der Waals surface area contributed by atoms with E-state index < -0.39 is 0 Å². The number of ether oxygens (including phenoxy) is 1. The summed E-state index contributed by atoms with van der Waals surface area (Å²) < 4.78 is 6.40. The van der Waals surface area contributed by atoms with E-state index in [2.05, 4.69) is 10.2 Å². The third-order valence-electron chi connectivity index (χ3n) is 3.15. The molecule has 1 aromatic heterocycles. The number of esters is 1. The molecule has 2 atom stereocenters. The number of hydrogen-bond donors (Lipinski definition) is 1. The monoisotopic (exact) mass is 271 g/mol. The highest BCUT2D eigenvalue weighted by molar-refractivity contribution is 7.99. The van der Waals surface area contributed by atoms with Crippen molar-refractivity contribution >= 4 is 17.7 Å². The molecule has 6 nitrogen and oxygen atoms in total. The third-order valence-corrected chi connectivity index (χ3v) is 4.43. The van der Waals surface area contributed by atoms with Crippen LogP contribution in [0.2, 0.25) is 0 Å². The van der Waals surface area contributed by atoms with Gasteiger partial charge in [-0.3, -0.25) is 9.36 Å². The lowest BCUT2D eigenvalue weighted by molar-refractivity contribution is -0.144. The fraction of sp³-hybridized carbons (Fsp3) is 0.727. The number of aromatic amines is 1. The molecule has 1 aromatic rings. The number of methoxy groups -OCH3 is 1. The zero-order valence-corrected chi connectivity index (χ0v) is 11.5. The van der Waals surface area contributed by atoms with Gasteiger partial charge in [-0.2, -0.15) is 0 Å². The summed E-state index contributed by atoms with van der Waals surface area (Å²) in [6.07, 6.45) is 2.04. The highest BCUT2D eigenvalue weighted by Gasteiger charge is 2.30. The van der Waals surface area contributed by atoms with Crippen molar-refractivity contribution in [3.8, 4) is 0 Å². The van der Waals surface area contributed by atoms with Gasteiger partial charge in [0.05, 0.1) is 13.0 Å². The molecule has 0 bridgehead atoms. The average molecular weight is 271 g/mol. The lowest BCUT2D eigenvalue weighted by Gasteiger charge is -2.16. The summed E-state index contributed by atoms with van der Waals surface area (Å²) >= 11 is 1.43. The first kappa shape index (κ1) is 13.2. The SMILES string of the molecule is COC(=O)C(C)C(C)Sc1n[nH]c(=O)n1C1CC1. The Morgan fingerprint density at radius 2 is 2.22 bits per heavy atom. The summed E-state index contributed by atoms with van der Waals surface area (Å²) in [6.45, 7) is 3.75. The van der Waals surface area contributed by atoms with E-state index >= 15 is 0 Å². The van der Waals surface area contributed by atoms with E-state index in [9.17, 15) is 9.59 Å². The van der Waals surface area contributed by atoms with E-state index in [0.29, 0.717) is 5.16 Å². The molecular formula is C11H17N3O3S.